The van der Waals surface area contributed by atoms with Crippen LogP contribution in [0.2, 0.25) is 0 Å². The van der Waals surface area contributed by atoms with Crippen LogP contribution in [-0.2, 0) is 9.59 Å². The topological polar surface area (TPSA) is 66.6 Å². The molecule has 160 valence electrons. The van der Waals surface area contributed by atoms with Crippen molar-refractivity contribution >= 4 is 11.8 Å². The van der Waals surface area contributed by atoms with Gasteiger partial charge in [-0.05, 0) is 31.6 Å². The van der Waals surface area contributed by atoms with Crippen LogP contribution in [-0.4, -0.2) is 52.8 Å². The number of carbonyl (C=O) groups excluding carboxylic acids is 2. The van der Waals surface area contributed by atoms with Crippen LogP contribution in [0.5, 0.6) is 0 Å². The van der Waals surface area contributed by atoms with Crippen molar-refractivity contribution in [3.8, 4) is 0 Å². The van der Waals surface area contributed by atoms with E-state index in [0.717, 1.165) is 32.2 Å². The first-order valence-electron chi connectivity index (χ1n) is 11.8. The highest BCUT2D eigenvalue weighted by Crippen LogP contribution is 2.30. The third-order valence-corrected chi connectivity index (χ3v) is 7.21. The maximum absolute atomic E-state index is 13.0. The zero-order valence-electron chi connectivity index (χ0n) is 18.1. The maximum Gasteiger partial charge on any atom is 0.239 e. The van der Waals surface area contributed by atoms with Gasteiger partial charge in [-0.15, -0.1) is 0 Å². The zero-order valence-corrected chi connectivity index (χ0v) is 18.1. The van der Waals surface area contributed by atoms with E-state index in [2.05, 4.69) is 4.90 Å². The molecule has 2 aliphatic carbocycles. The number of nitrogens with two attached hydrogens (primary N) is 1. The molecule has 3 fully saturated rings. The lowest BCUT2D eigenvalue weighted by atomic mass is 9.85. The van der Waals surface area contributed by atoms with E-state index in [0.29, 0.717) is 18.5 Å². The molecular formula is C23H41N3O2. The molecule has 2 unspecified atom stereocenters. The lowest BCUT2D eigenvalue weighted by Gasteiger charge is -2.39. The van der Waals surface area contributed by atoms with Crippen molar-refractivity contribution in [2.75, 3.05) is 13.1 Å². The molecule has 0 radical (unpaired) electrons. The van der Waals surface area contributed by atoms with E-state index in [1.807, 2.05) is 18.7 Å². The van der Waals surface area contributed by atoms with Gasteiger partial charge in [0, 0.05) is 25.0 Å². The van der Waals surface area contributed by atoms with Gasteiger partial charge in [0.25, 0.3) is 0 Å². The van der Waals surface area contributed by atoms with E-state index in [-0.39, 0.29) is 29.8 Å². The fourth-order valence-corrected chi connectivity index (χ4v) is 5.60. The molecule has 1 saturated heterocycles. The van der Waals surface area contributed by atoms with E-state index >= 15 is 0 Å². The molecule has 0 aromatic rings. The molecule has 2 saturated carbocycles. The van der Waals surface area contributed by atoms with E-state index in [1.54, 1.807) is 0 Å². The third kappa shape index (κ3) is 5.28. The number of nitrogens with zero attached hydrogens (tertiary/aromatic N) is 2. The lowest BCUT2D eigenvalue weighted by Crippen LogP contribution is -2.51. The fourth-order valence-electron chi connectivity index (χ4n) is 5.60. The summed E-state index contributed by atoms with van der Waals surface area (Å²) in [4.78, 5) is 30.1. The van der Waals surface area contributed by atoms with Gasteiger partial charge in [-0.1, -0.05) is 65.2 Å². The summed E-state index contributed by atoms with van der Waals surface area (Å²) in [5.41, 5.74) is 6.33. The predicted octanol–water partition coefficient (Wildman–Crippen LogP) is 3.70. The third-order valence-electron chi connectivity index (χ3n) is 7.21. The second kappa shape index (κ2) is 10.1. The highest BCUT2D eigenvalue weighted by atomic mass is 16.2. The SMILES string of the molecule is CC(C)C(=O)N(C1CCCCC1)C1CCN(C(=O)C(N)CC2CCCCC2)C1. The Morgan fingerprint density at radius 3 is 2.14 bits per heavy atom. The van der Waals surface area contributed by atoms with Crippen molar-refractivity contribution in [3.05, 3.63) is 0 Å². The van der Waals surface area contributed by atoms with Gasteiger partial charge < -0.3 is 15.5 Å². The summed E-state index contributed by atoms with van der Waals surface area (Å²) >= 11 is 0. The highest BCUT2D eigenvalue weighted by Gasteiger charge is 2.38. The van der Waals surface area contributed by atoms with Crippen LogP contribution >= 0.6 is 0 Å². The van der Waals surface area contributed by atoms with Crippen molar-refractivity contribution in [1.29, 1.82) is 0 Å². The molecule has 1 aliphatic heterocycles. The van der Waals surface area contributed by atoms with Crippen LogP contribution in [0, 0.1) is 11.8 Å². The van der Waals surface area contributed by atoms with Gasteiger partial charge in [-0.2, -0.15) is 0 Å². The smallest absolute Gasteiger partial charge is 0.239 e. The number of rotatable bonds is 6. The van der Waals surface area contributed by atoms with Crippen molar-refractivity contribution < 1.29 is 9.59 Å². The van der Waals surface area contributed by atoms with Crippen LogP contribution in [0.1, 0.15) is 90.9 Å². The quantitative estimate of drug-likeness (QED) is 0.751. The van der Waals surface area contributed by atoms with Crippen molar-refractivity contribution in [2.45, 2.75) is 109 Å². The van der Waals surface area contributed by atoms with Crippen molar-refractivity contribution in [2.24, 2.45) is 17.6 Å². The van der Waals surface area contributed by atoms with Crippen LogP contribution in [0.25, 0.3) is 0 Å². The highest BCUT2D eigenvalue weighted by molar-refractivity contribution is 5.82. The summed E-state index contributed by atoms with van der Waals surface area (Å²) in [5.74, 6) is 0.999. The molecule has 2 N–H and O–H groups in total. The Balaban J connectivity index is 1.59. The molecule has 3 rings (SSSR count). The molecule has 5 nitrogen and oxygen atoms in total. The number of amides is 2. The summed E-state index contributed by atoms with van der Waals surface area (Å²) in [5, 5.41) is 0. The number of carbonyl (C=O) groups is 2. The molecular weight excluding hydrogens is 350 g/mol. The van der Waals surface area contributed by atoms with Crippen molar-refractivity contribution in [3.63, 3.8) is 0 Å². The van der Waals surface area contributed by atoms with Crippen LogP contribution < -0.4 is 5.73 Å². The standard InChI is InChI=1S/C23H41N3O2/c1-17(2)22(27)26(19-11-7-4-8-12-19)20-13-14-25(16-20)23(28)21(24)15-18-9-5-3-6-10-18/h17-21H,3-16,24H2,1-2H3. The molecule has 1 heterocycles. The summed E-state index contributed by atoms with van der Waals surface area (Å²) in [7, 11) is 0. The number of hydrogen-bond acceptors (Lipinski definition) is 3. The van der Waals surface area contributed by atoms with E-state index in [4.69, 9.17) is 5.73 Å². The molecule has 0 spiro atoms. The monoisotopic (exact) mass is 391 g/mol. The molecule has 0 aromatic carbocycles. The summed E-state index contributed by atoms with van der Waals surface area (Å²) in [6.45, 7) is 5.41. The van der Waals surface area contributed by atoms with E-state index < -0.39 is 0 Å². The second-order valence-corrected chi connectivity index (χ2v) is 9.77. The van der Waals surface area contributed by atoms with Gasteiger partial charge >= 0.3 is 0 Å². The first kappa shape index (κ1) is 21.6. The van der Waals surface area contributed by atoms with Crippen LogP contribution in [0.15, 0.2) is 0 Å². The van der Waals surface area contributed by atoms with Gasteiger partial charge in [0.15, 0.2) is 0 Å². The molecule has 2 atom stereocenters. The van der Waals surface area contributed by atoms with Gasteiger partial charge in [0.05, 0.1) is 12.1 Å². The predicted molar refractivity (Wildman–Crippen MR) is 113 cm³/mol. The molecule has 2 amide bonds. The average molecular weight is 392 g/mol. The van der Waals surface area contributed by atoms with Crippen LogP contribution in [0.3, 0.4) is 0 Å². The molecule has 0 aromatic heterocycles. The first-order valence-corrected chi connectivity index (χ1v) is 11.8. The number of hydrogen-bond donors (Lipinski definition) is 1. The Morgan fingerprint density at radius 2 is 1.54 bits per heavy atom. The van der Waals surface area contributed by atoms with E-state index in [9.17, 15) is 9.59 Å². The molecule has 3 aliphatic rings. The number of likely N-dealkylation sites (tertiary alicyclic amines) is 1. The van der Waals surface area contributed by atoms with Gasteiger partial charge in [-0.25, -0.2) is 0 Å². The maximum atomic E-state index is 13.0. The van der Waals surface area contributed by atoms with Crippen LogP contribution in [0.4, 0.5) is 0 Å². The molecule has 5 heteroatoms. The summed E-state index contributed by atoms with van der Waals surface area (Å²) < 4.78 is 0. The van der Waals surface area contributed by atoms with Gasteiger partial charge in [0.2, 0.25) is 11.8 Å². The lowest BCUT2D eigenvalue weighted by molar-refractivity contribution is -0.141. The second-order valence-electron chi connectivity index (χ2n) is 9.77. The van der Waals surface area contributed by atoms with Gasteiger partial charge in [0.1, 0.15) is 0 Å². The Labute approximate surface area is 171 Å². The average Bonchev–Trinajstić information content (AvgIpc) is 3.18. The molecule has 28 heavy (non-hydrogen) atoms. The Morgan fingerprint density at radius 1 is 0.929 bits per heavy atom. The minimum atomic E-state index is -0.370. The fraction of sp³-hybridized carbons (Fsp3) is 0.913. The zero-order chi connectivity index (χ0) is 20.1. The summed E-state index contributed by atoms with van der Waals surface area (Å²) in [6.07, 6.45) is 14.0. The minimum absolute atomic E-state index is 0.0141. The Kier molecular flexibility index (Phi) is 7.78. The summed E-state index contributed by atoms with van der Waals surface area (Å²) in [6, 6.07) is 0.161. The van der Waals surface area contributed by atoms with Crippen molar-refractivity contribution in [1.82, 2.24) is 9.80 Å². The minimum Gasteiger partial charge on any atom is -0.339 e. The Bertz CT molecular complexity index is 524. The normalized spacial score (nSPS) is 25.9. The molecule has 0 bridgehead atoms. The van der Waals surface area contributed by atoms with E-state index in [1.165, 1.54) is 51.4 Å². The first-order chi connectivity index (χ1) is 13.5. The largest absolute Gasteiger partial charge is 0.339 e. The Hall–Kier alpha value is -1.10. The van der Waals surface area contributed by atoms with Gasteiger partial charge in [-0.3, -0.25) is 9.59 Å².